The second-order valence-electron chi connectivity index (χ2n) is 24.9. The van der Waals surface area contributed by atoms with E-state index in [9.17, 15) is 64.6 Å². The van der Waals surface area contributed by atoms with Crippen molar-refractivity contribution in [2.24, 2.45) is 10.8 Å². The number of alkyl carbamates (subject to hydrolysis) is 2. The first kappa shape index (κ1) is 74.3. The van der Waals surface area contributed by atoms with Gasteiger partial charge in [0.25, 0.3) is 0 Å². The maximum atomic E-state index is 13.9. The lowest BCUT2D eigenvalue weighted by Crippen LogP contribution is -2.64. The van der Waals surface area contributed by atoms with E-state index in [0.717, 1.165) is 37.3 Å². The van der Waals surface area contributed by atoms with Gasteiger partial charge in [0.1, 0.15) is 35.2 Å². The van der Waals surface area contributed by atoms with Crippen LogP contribution in [0, 0.1) is 22.5 Å². The van der Waals surface area contributed by atoms with E-state index in [1.165, 1.54) is 107 Å². The number of amides is 2. The number of piperazine rings is 1. The number of esters is 2. The van der Waals surface area contributed by atoms with E-state index in [4.69, 9.17) is 28.4 Å². The quantitative estimate of drug-likeness (QED) is 0.0276. The van der Waals surface area contributed by atoms with Crippen molar-refractivity contribution in [2.45, 2.75) is 114 Å². The number of carboxylic acids is 2. The molecular formula is C68H80F2N6O18S2. The SMILES string of the molecule is C1CNCCN1.C[C@H](OC(=O)N[C@@H](Cc1cccc(S(=O)(=O)N2CC(Oc3cccc(F)c3)(c3ccccc3)C2)c1)C(=O)O)OC(=O)C(C)(C)C.C[C@H](OC(=O)N[C@@H](Cc1cccc(S(=O)(=O)N2CC(Oc3cccc(F)c3)(c3ccccc3)C2)c1)C(=O)O)OC(=O)C(C)(C)C. The van der Waals surface area contributed by atoms with E-state index in [1.54, 1.807) is 77.9 Å². The molecule has 9 rings (SSSR count). The average Bonchev–Trinajstić information content (AvgIpc) is 0.739. The molecule has 0 aromatic heterocycles. The van der Waals surface area contributed by atoms with Gasteiger partial charge in [0.2, 0.25) is 32.6 Å². The number of carbonyl (C=O) groups excluding carboxylic acids is 4. The van der Waals surface area contributed by atoms with Crippen LogP contribution in [0.3, 0.4) is 0 Å². The molecular weight excluding hydrogens is 1290 g/mol. The first-order chi connectivity index (χ1) is 45.2. The number of nitrogens with one attached hydrogen (secondary N) is 4. The number of carbonyl (C=O) groups is 6. The van der Waals surface area contributed by atoms with Crippen molar-refractivity contribution < 1.29 is 93.0 Å². The Hall–Kier alpha value is -9.06. The van der Waals surface area contributed by atoms with Gasteiger partial charge in [-0.1, -0.05) is 97.1 Å². The Morgan fingerprint density at radius 2 is 0.823 bits per heavy atom. The summed E-state index contributed by atoms with van der Waals surface area (Å²) in [5.41, 5.74) is -1.71. The molecule has 6 aromatic carbocycles. The number of carboxylic acid groups (broad SMARTS) is 2. The molecule has 3 aliphatic rings. The molecule has 96 heavy (non-hydrogen) atoms. The number of sulfonamides is 2. The summed E-state index contributed by atoms with van der Waals surface area (Å²) in [4.78, 5) is 72.5. The minimum atomic E-state index is -4.05. The molecule has 0 unspecified atom stereocenters. The Morgan fingerprint density at radius 3 is 1.12 bits per heavy atom. The van der Waals surface area contributed by atoms with Crippen molar-refractivity contribution in [3.05, 3.63) is 192 Å². The maximum Gasteiger partial charge on any atom is 0.410 e. The normalized spacial score (nSPS) is 16.5. The van der Waals surface area contributed by atoms with Gasteiger partial charge in [-0.25, -0.2) is 44.8 Å². The summed E-state index contributed by atoms with van der Waals surface area (Å²) in [5, 5.41) is 30.3. The van der Waals surface area contributed by atoms with E-state index in [-0.39, 0.29) is 60.3 Å². The molecule has 516 valence electrons. The standard InChI is InChI=1S/2C32H35FN2O9S.C4H10N2/c2*1-21(42-29(38)31(2,3)4)43-30(39)34-27(28(36)37)17-22-10-8-15-26(16-22)45(40,41)35-19-32(20-35,23-11-6-5-7-12-23)44-25-14-9-13-24(33)18-25;1-2-6-4-3-5-1/h2*5-16,18,21,27H,17,19-20H2,1-4H3,(H,34,39)(H,36,37);5-6H,1-4H2/t2*21-,27-;/m00./s1. The molecule has 0 spiro atoms. The minimum absolute atomic E-state index is 0.0524. The predicted octanol–water partition coefficient (Wildman–Crippen LogP) is 8.10. The zero-order valence-corrected chi connectivity index (χ0v) is 55.9. The van der Waals surface area contributed by atoms with E-state index in [2.05, 4.69) is 21.3 Å². The van der Waals surface area contributed by atoms with Gasteiger partial charge in [0.15, 0.2) is 11.2 Å². The highest BCUT2D eigenvalue weighted by molar-refractivity contribution is 7.89. The third kappa shape index (κ3) is 20.5. The Morgan fingerprint density at radius 1 is 0.490 bits per heavy atom. The number of halogens is 2. The van der Waals surface area contributed by atoms with E-state index in [0.29, 0.717) is 11.1 Å². The lowest BCUT2D eigenvalue weighted by molar-refractivity contribution is -0.175. The summed E-state index contributed by atoms with van der Waals surface area (Å²) in [7, 11) is -8.10. The lowest BCUT2D eigenvalue weighted by atomic mass is 9.87. The first-order valence-corrected chi connectivity index (χ1v) is 33.5. The van der Waals surface area contributed by atoms with Crippen molar-refractivity contribution in [1.82, 2.24) is 29.9 Å². The first-order valence-electron chi connectivity index (χ1n) is 30.6. The van der Waals surface area contributed by atoms with E-state index >= 15 is 0 Å². The molecule has 0 saturated carbocycles. The van der Waals surface area contributed by atoms with Crippen LogP contribution in [-0.4, -0.2) is 149 Å². The summed E-state index contributed by atoms with van der Waals surface area (Å²) < 4.78 is 117. The second-order valence-corrected chi connectivity index (χ2v) is 28.8. The summed E-state index contributed by atoms with van der Waals surface area (Å²) in [6.07, 6.45) is -5.33. The van der Waals surface area contributed by atoms with Gasteiger partial charge in [0.05, 0.1) is 46.8 Å². The van der Waals surface area contributed by atoms with Crippen molar-refractivity contribution >= 4 is 56.1 Å². The van der Waals surface area contributed by atoms with Crippen LogP contribution in [0.15, 0.2) is 168 Å². The monoisotopic (exact) mass is 1370 g/mol. The van der Waals surface area contributed by atoms with Gasteiger partial charge in [-0.3, -0.25) is 9.59 Å². The molecule has 4 atom stereocenters. The van der Waals surface area contributed by atoms with Crippen molar-refractivity contribution in [3.8, 4) is 11.5 Å². The van der Waals surface area contributed by atoms with E-state index in [1.807, 2.05) is 36.4 Å². The second kappa shape index (κ2) is 32.1. The van der Waals surface area contributed by atoms with Gasteiger partial charge in [-0.15, -0.1) is 0 Å². The van der Waals surface area contributed by atoms with Crippen LogP contribution in [0.25, 0.3) is 0 Å². The Bertz CT molecular complexity index is 3660. The fourth-order valence-electron chi connectivity index (χ4n) is 9.79. The Kier molecular flexibility index (Phi) is 24.9. The van der Waals surface area contributed by atoms with Crippen LogP contribution in [0.1, 0.15) is 77.6 Å². The van der Waals surface area contributed by atoms with Crippen LogP contribution >= 0.6 is 0 Å². The Balaban J connectivity index is 0.000000248. The molecule has 24 nitrogen and oxygen atoms in total. The Labute approximate surface area is 556 Å². The average molecular weight is 1370 g/mol. The summed E-state index contributed by atoms with van der Waals surface area (Å²) in [6.45, 7) is 16.7. The van der Waals surface area contributed by atoms with Gasteiger partial charge in [-0.05, 0) is 112 Å². The predicted molar refractivity (Wildman–Crippen MR) is 346 cm³/mol. The fourth-order valence-corrected chi connectivity index (χ4v) is 13.0. The van der Waals surface area contributed by atoms with Crippen molar-refractivity contribution in [1.29, 1.82) is 0 Å². The summed E-state index contributed by atoms with van der Waals surface area (Å²) in [6, 6.07) is 37.8. The van der Waals surface area contributed by atoms with Crippen molar-refractivity contribution in [2.75, 3.05) is 52.4 Å². The molecule has 3 aliphatic heterocycles. The van der Waals surface area contributed by atoms with Crippen LogP contribution in [0.5, 0.6) is 11.5 Å². The lowest BCUT2D eigenvalue weighted by Gasteiger charge is -2.48. The molecule has 0 bridgehead atoms. The number of hydrogen-bond acceptors (Lipinski definition) is 18. The zero-order chi connectivity index (χ0) is 70.2. The zero-order valence-electron chi connectivity index (χ0n) is 54.3. The fraction of sp³-hybridized carbons (Fsp3) is 0.382. The summed E-state index contributed by atoms with van der Waals surface area (Å²) in [5.74, 6) is -4.46. The van der Waals surface area contributed by atoms with Gasteiger partial charge < -0.3 is 59.9 Å². The van der Waals surface area contributed by atoms with Crippen molar-refractivity contribution in [3.63, 3.8) is 0 Å². The van der Waals surface area contributed by atoms with Crippen LogP contribution in [0.2, 0.25) is 0 Å². The highest BCUT2D eigenvalue weighted by Crippen LogP contribution is 2.42. The maximum absolute atomic E-state index is 13.9. The molecule has 3 heterocycles. The number of hydrogen-bond donors (Lipinski definition) is 6. The number of aliphatic carboxylic acids is 2. The third-order valence-electron chi connectivity index (χ3n) is 15.0. The smallest absolute Gasteiger partial charge is 0.410 e. The molecule has 2 amide bonds. The third-order valence-corrected chi connectivity index (χ3v) is 18.5. The molecule has 3 fully saturated rings. The molecule has 6 N–H and O–H groups in total. The minimum Gasteiger partial charge on any atom is -0.480 e. The number of rotatable bonds is 22. The van der Waals surface area contributed by atoms with Crippen LogP contribution < -0.4 is 30.7 Å². The van der Waals surface area contributed by atoms with E-state index < -0.39 is 114 Å². The largest absolute Gasteiger partial charge is 0.480 e. The molecule has 28 heteroatoms. The number of benzene rings is 6. The van der Waals surface area contributed by atoms with Crippen LogP contribution in [0.4, 0.5) is 18.4 Å². The van der Waals surface area contributed by atoms with Gasteiger partial charge >= 0.3 is 36.1 Å². The molecule has 0 aliphatic carbocycles. The van der Waals surface area contributed by atoms with Gasteiger partial charge in [0, 0.05) is 65.0 Å². The van der Waals surface area contributed by atoms with Gasteiger partial charge in [-0.2, -0.15) is 8.61 Å². The molecule has 3 saturated heterocycles. The number of nitrogens with zero attached hydrogens (tertiary/aromatic N) is 2. The summed E-state index contributed by atoms with van der Waals surface area (Å²) >= 11 is 0. The molecule has 6 aromatic rings. The topological polar surface area (TPSA) is 321 Å². The molecule has 0 radical (unpaired) electrons. The van der Waals surface area contributed by atoms with Crippen LogP contribution in [-0.2, 0) is 82.2 Å². The highest BCUT2D eigenvalue weighted by Gasteiger charge is 2.53. The number of ether oxygens (including phenoxy) is 6. The highest BCUT2D eigenvalue weighted by atomic mass is 32.2.